The van der Waals surface area contributed by atoms with Gasteiger partial charge in [-0.05, 0) is 36.6 Å². The van der Waals surface area contributed by atoms with Crippen molar-refractivity contribution in [3.63, 3.8) is 0 Å². The molecule has 4 aromatic rings. The van der Waals surface area contributed by atoms with Gasteiger partial charge in [0.05, 0.1) is 17.6 Å². The lowest BCUT2D eigenvalue weighted by molar-refractivity contribution is 0.0603. The summed E-state index contributed by atoms with van der Waals surface area (Å²) in [6.07, 6.45) is 2.02. The Bertz CT molecular complexity index is 1680. The molecule has 1 aliphatic heterocycles. The van der Waals surface area contributed by atoms with E-state index in [9.17, 15) is 22.8 Å². The van der Waals surface area contributed by atoms with E-state index in [-0.39, 0.29) is 34.5 Å². The van der Waals surface area contributed by atoms with Gasteiger partial charge in [-0.3, -0.25) is 4.79 Å². The molecule has 1 fully saturated rings. The Kier molecular flexibility index (Phi) is 6.91. The number of esters is 1. The second-order valence-corrected chi connectivity index (χ2v) is 10.8. The van der Waals surface area contributed by atoms with Gasteiger partial charge in [-0.15, -0.1) is 0 Å². The molecule has 11 nitrogen and oxygen atoms in total. The number of hydrogen-bond acceptors (Lipinski definition) is 7. The fraction of sp³-hybridized carbons (Fsp3) is 0.269. The van der Waals surface area contributed by atoms with Crippen LogP contribution in [0.5, 0.6) is 0 Å². The maximum Gasteiger partial charge on any atom is 0.410 e. The first kappa shape index (κ1) is 25.5. The zero-order valence-electron chi connectivity index (χ0n) is 20.5. The highest BCUT2D eigenvalue weighted by molar-refractivity contribution is 7.89. The lowest BCUT2D eigenvalue weighted by Gasteiger charge is -2.32. The summed E-state index contributed by atoms with van der Waals surface area (Å²) in [4.78, 5) is 44.2. The van der Waals surface area contributed by atoms with Crippen LogP contribution >= 0.6 is 0 Å². The van der Waals surface area contributed by atoms with E-state index in [0.717, 1.165) is 5.56 Å². The third-order valence-electron chi connectivity index (χ3n) is 6.54. The van der Waals surface area contributed by atoms with Crippen molar-refractivity contribution in [3.8, 4) is 0 Å². The number of ether oxygens (including phenoxy) is 2. The minimum Gasteiger partial charge on any atom is -0.465 e. The van der Waals surface area contributed by atoms with Crippen molar-refractivity contribution < 1.29 is 27.5 Å². The number of carbonyl (C=O) groups excluding carboxylic acids is 2. The van der Waals surface area contributed by atoms with E-state index in [0.29, 0.717) is 30.3 Å². The third-order valence-corrected chi connectivity index (χ3v) is 8.06. The van der Waals surface area contributed by atoms with Gasteiger partial charge < -0.3 is 24.3 Å². The van der Waals surface area contributed by atoms with E-state index in [2.05, 4.69) is 14.7 Å². The van der Waals surface area contributed by atoms with E-state index in [1.807, 2.05) is 30.3 Å². The fourth-order valence-electron chi connectivity index (χ4n) is 4.68. The smallest absolute Gasteiger partial charge is 0.410 e. The zero-order valence-corrected chi connectivity index (χ0v) is 21.3. The summed E-state index contributed by atoms with van der Waals surface area (Å²) in [5, 5.41) is 0.650. The number of benzene rings is 2. The monoisotopic (exact) mass is 538 g/mol. The molecule has 5 rings (SSSR count). The molecule has 3 N–H and O–H groups in total. The Morgan fingerprint density at radius 1 is 1.16 bits per heavy atom. The standard InChI is InChI=1S/C26H26N4O7S/c1-36-25(32)20-13-27-23-22(20)19-12-18(9-10-21(19)28-24(23)31)38(34,35)29-17-8-5-11-30(14-17)26(33)37-15-16-6-3-2-4-7-16/h2-4,6-7,9-10,12-13,17,27,29H,5,8,11,14-15H2,1H3,(H,28,31). The number of rotatable bonds is 6. The number of carbonyl (C=O) groups is 2. The largest absolute Gasteiger partial charge is 0.465 e. The number of likely N-dealkylation sites (tertiary alicyclic amines) is 1. The summed E-state index contributed by atoms with van der Waals surface area (Å²) in [5.74, 6) is -0.656. The number of nitrogens with zero attached hydrogens (tertiary/aromatic N) is 1. The second-order valence-electron chi connectivity index (χ2n) is 9.05. The molecular weight excluding hydrogens is 512 g/mol. The van der Waals surface area contributed by atoms with Crippen LogP contribution in [0.4, 0.5) is 4.79 Å². The van der Waals surface area contributed by atoms with Gasteiger partial charge in [-0.2, -0.15) is 0 Å². The van der Waals surface area contributed by atoms with Gasteiger partial charge in [0.2, 0.25) is 10.0 Å². The van der Waals surface area contributed by atoms with Crippen molar-refractivity contribution in [1.29, 1.82) is 0 Å². The van der Waals surface area contributed by atoms with Crippen molar-refractivity contribution >= 4 is 43.9 Å². The number of amides is 1. The maximum absolute atomic E-state index is 13.3. The predicted octanol–water partition coefficient (Wildman–Crippen LogP) is 2.88. The van der Waals surface area contributed by atoms with Crippen molar-refractivity contribution in [2.75, 3.05) is 20.2 Å². The molecule has 1 unspecified atom stereocenters. The van der Waals surface area contributed by atoms with Crippen LogP contribution < -0.4 is 10.3 Å². The molecule has 2 aromatic heterocycles. The van der Waals surface area contributed by atoms with Crippen LogP contribution in [0.1, 0.15) is 28.8 Å². The Morgan fingerprint density at radius 2 is 1.95 bits per heavy atom. The van der Waals surface area contributed by atoms with Gasteiger partial charge in [-0.1, -0.05) is 30.3 Å². The van der Waals surface area contributed by atoms with Crippen molar-refractivity contribution in [1.82, 2.24) is 19.6 Å². The minimum atomic E-state index is -4.00. The first-order chi connectivity index (χ1) is 18.3. The average Bonchev–Trinajstić information content (AvgIpc) is 3.38. The molecule has 2 aromatic carbocycles. The minimum absolute atomic E-state index is 0.0425. The lowest BCUT2D eigenvalue weighted by Crippen LogP contribution is -2.49. The first-order valence-electron chi connectivity index (χ1n) is 12.0. The van der Waals surface area contributed by atoms with Crippen LogP contribution in [0.3, 0.4) is 0 Å². The SMILES string of the molecule is COC(=O)c1c[nH]c2c(=O)[nH]c3ccc(S(=O)(=O)NC4CCCN(C(=O)OCc5ccccc5)C4)cc3c12. The Labute approximate surface area is 217 Å². The van der Waals surface area contributed by atoms with Crippen LogP contribution in [-0.4, -0.2) is 61.6 Å². The summed E-state index contributed by atoms with van der Waals surface area (Å²) in [6, 6.07) is 13.1. The molecule has 12 heteroatoms. The van der Waals surface area contributed by atoms with Gasteiger partial charge in [0.1, 0.15) is 12.1 Å². The molecule has 0 spiro atoms. The van der Waals surface area contributed by atoms with Gasteiger partial charge in [0, 0.05) is 41.6 Å². The van der Waals surface area contributed by atoms with Crippen LogP contribution in [-0.2, 0) is 26.1 Å². The van der Waals surface area contributed by atoms with Crippen LogP contribution in [0.25, 0.3) is 21.8 Å². The topological polar surface area (TPSA) is 151 Å². The molecule has 1 saturated heterocycles. The summed E-state index contributed by atoms with van der Waals surface area (Å²) in [7, 11) is -2.78. The molecule has 0 aliphatic carbocycles. The van der Waals surface area contributed by atoms with Gasteiger partial charge in [0.25, 0.3) is 5.56 Å². The van der Waals surface area contributed by atoms with E-state index >= 15 is 0 Å². The van der Waals surface area contributed by atoms with E-state index in [1.165, 1.54) is 36.4 Å². The third kappa shape index (κ3) is 5.00. The molecule has 1 atom stereocenters. The molecule has 3 heterocycles. The van der Waals surface area contributed by atoms with Gasteiger partial charge >= 0.3 is 12.1 Å². The number of pyridine rings is 1. The highest BCUT2D eigenvalue weighted by Gasteiger charge is 2.29. The number of aromatic nitrogens is 2. The first-order valence-corrected chi connectivity index (χ1v) is 13.5. The molecule has 0 bridgehead atoms. The highest BCUT2D eigenvalue weighted by atomic mass is 32.2. The number of H-pyrrole nitrogens is 2. The Balaban J connectivity index is 1.36. The average molecular weight is 539 g/mol. The van der Waals surface area contributed by atoms with E-state index < -0.39 is 33.7 Å². The Morgan fingerprint density at radius 3 is 2.71 bits per heavy atom. The number of piperidine rings is 1. The van der Waals surface area contributed by atoms with Crippen molar-refractivity contribution in [2.45, 2.75) is 30.4 Å². The summed E-state index contributed by atoms with van der Waals surface area (Å²) < 4.78 is 39.6. The maximum atomic E-state index is 13.3. The van der Waals surface area contributed by atoms with Gasteiger partial charge in [0.15, 0.2) is 0 Å². The number of sulfonamides is 1. The molecule has 1 aliphatic rings. The molecule has 0 radical (unpaired) electrons. The van der Waals surface area contributed by atoms with Crippen LogP contribution in [0.15, 0.2) is 64.4 Å². The normalized spacial score (nSPS) is 16.0. The van der Waals surface area contributed by atoms with Crippen LogP contribution in [0.2, 0.25) is 0 Å². The highest BCUT2D eigenvalue weighted by Crippen LogP contribution is 2.28. The number of aromatic amines is 2. The molecule has 1 amide bonds. The zero-order chi connectivity index (χ0) is 26.9. The summed E-state index contributed by atoms with van der Waals surface area (Å²) >= 11 is 0. The quantitative estimate of drug-likeness (QED) is 0.319. The van der Waals surface area contributed by atoms with E-state index in [1.54, 1.807) is 0 Å². The molecule has 38 heavy (non-hydrogen) atoms. The van der Waals surface area contributed by atoms with Crippen LogP contribution in [0, 0.1) is 0 Å². The molecular formula is C26H26N4O7S. The van der Waals surface area contributed by atoms with E-state index in [4.69, 9.17) is 9.47 Å². The van der Waals surface area contributed by atoms with Crippen molar-refractivity contribution in [3.05, 3.63) is 76.2 Å². The number of nitrogens with one attached hydrogen (secondary N) is 3. The summed E-state index contributed by atoms with van der Waals surface area (Å²) in [5.41, 5.74) is 1.05. The Hall–Kier alpha value is -4.16. The number of fused-ring (bicyclic) bond motifs is 3. The summed E-state index contributed by atoms with van der Waals surface area (Å²) in [6.45, 7) is 0.770. The predicted molar refractivity (Wildman–Crippen MR) is 139 cm³/mol. The molecule has 198 valence electrons. The van der Waals surface area contributed by atoms with Crippen molar-refractivity contribution in [2.24, 2.45) is 0 Å². The lowest BCUT2D eigenvalue weighted by atomic mass is 10.1. The fourth-order valence-corrected chi connectivity index (χ4v) is 5.97. The second kappa shape index (κ2) is 10.3. The van der Waals surface area contributed by atoms with Gasteiger partial charge in [-0.25, -0.2) is 22.7 Å². The number of methoxy groups -OCH3 is 1. The number of hydrogen-bond donors (Lipinski definition) is 3. The molecule has 0 saturated carbocycles.